The Bertz CT molecular complexity index is 594. The summed E-state index contributed by atoms with van der Waals surface area (Å²) in [5.74, 6) is 0.858. The first-order chi connectivity index (χ1) is 9.64. The summed E-state index contributed by atoms with van der Waals surface area (Å²) in [7, 11) is 0. The highest BCUT2D eigenvalue weighted by atomic mass is 15.1. The zero-order valence-electron chi connectivity index (χ0n) is 13.9. The van der Waals surface area contributed by atoms with Crippen molar-refractivity contribution in [1.29, 1.82) is 0 Å². The summed E-state index contributed by atoms with van der Waals surface area (Å²) in [5, 5.41) is 3.42. The molecule has 0 unspecified atom stereocenters. The quantitative estimate of drug-likeness (QED) is 0.829. The van der Waals surface area contributed by atoms with Crippen LogP contribution in [0, 0.1) is 0 Å². The minimum Gasteiger partial charge on any atom is -0.338 e. The van der Waals surface area contributed by atoms with Gasteiger partial charge in [0.2, 0.25) is 0 Å². The summed E-state index contributed by atoms with van der Waals surface area (Å²) >= 11 is 0. The molecule has 0 amide bonds. The van der Waals surface area contributed by atoms with Crippen LogP contribution in [0.4, 0.5) is 0 Å². The Balaban J connectivity index is 2.43. The second kappa shape index (κ2) is 5.47. The van der Waals surface area contributed by atoms with Gasteiger partial charge in [0, 0.05) is 5.70 Å². The summed E-state index contributed by atoms with van der Waals surface area (Å²) in [4.78, 5) is 9.57. The molecule has 0 atom stereocenters. The van der Waals surface area contributed by atoms with Crippen molar-refractivity contribution in [2.45, 2.75) is 52.6 Å². The molecule has 21 heavy (non-hydrogen) atoms. The Labute approximate surface area is 127 Å². The average Bonchev–Trinajstić information content (AvgIpc) is 2.69. The van der Waals surface area contributed by atoms with Gasteiger partial charge in [-0.2, -0.15) is 0 Å². The number of nitrogens with one attached hydrogen (secondary N) is 1. The molecule has 1 aromatic rings. The van der Waals surface area contributed by atoms with Crippen LogP contribution in [0.2, 0.25) is 0 Å². The third-order valence-electron chi connectivity index (χ3n) is 2.76. The van der Waals surface area contributed by atoms with Gasteiger partial charge in [-0.3, -0.25) is 9.98 Å². The van der Waals surface area contributed by atoms with Crippen LogP contribution in [0.3, 0.4) is 0 Å². The van der Waals surface area contributed by atoms with E-state index in [0.29, 0.717) is 0 Å². The third-order valence-corrected chi connectivity index (χ3v) is 2.76. The molecule has 1 N–H and O–H groups in total. The van der Waals surface area contributed by atoms with E-state index >= 15 is 0 Å². The zero-order valence-corrected chi connectivity index (χ0v) is 13.9. The average molecular weight is 283 g/mol. The standard InChI is InChI=1S/C18H25N3/c1-17(2,3)20-15-12-14(13-10-8-7-9-11-13)19-16(15)21-18(4,5)6/h7-12H,1-6H3,(H,19,20,21). The van der Waals surface area contributed by atoms with Crippen LogP contribution in [0.1, 0.15) is 47.1 Å². The first kappa shape index (κ1) is 15.5. The molecule has 0 saturated carbocycles. The molecule has 3 heteroatoms. The van der Waals surface area contributed by atoms with Crippen molar-refractivity contribution in [3.05, 3.63) is 42.0 Å². The molecule has 2 rings (SSSR count). The molecular weight excluding hydrogens is 258 g/mol. The molecule has 3 nitrogen and oxygen atoms in total. The van der Waals surface area contributed by atoms with Gasteiger partial charge in [0.25, 0.3) is 0 Å². The minimum atomic E-state index is -0.138. The van der Waals surface area contributed by atoms with Crippen molar-refractivity contribution in [1.82, 2.24) is 5.32 Å². The maximum atomic E-state index is 4.80. The van der Waals surface area contributed by atoms with E-state index in [4.69, 9.17) is 9.98 Å². The van der Waals surface area contributed by atoms with Crippen molar-refractivity contribution in [3.63, 3.8) is 0 Å². The monoisotopic (exact) mass is 283 g/mol. The molecule has 1 aliphatic heterocycles. The van der Waals surface area contributed by atoms with Crippen LogP contribution in [-0.2, 0) is 0 Å². The van der Waals surface area contributed by atoms with Gasteiger partial charge in [0.15, 0.2) is 5.84 Å². The van der Waals surface area contributed by atoms with E-state index in [9.17, 15) is 0 Å². The highest BCUT2D eigenvalue weighted by molar-refractivity contribution is 6.51. The maximum Gasteiger partial charge on any atom is 0.151 e. The second-order valence-corrected chi connectivity index (χ2v) is 7.35. The molecule has 1 heterocycles. The third kappa shape index (κ3) is 4.55. The summed E-state index contributed by atoms with van der Waals surface area (Å²) < 4.78 is 0. The Morgan fingerprint density at radius 1 is 0.810 bits per heavy atom. The predicted molar refractivity (Wildman–Crippen MR) is 91.9 cm³/mol. The van der Waals surface area contributed by atoms with Crippen LogP contribution in [0.25, 0.3) is 5.70 Å². The fourth-order valence-corrected chi connectivity index (χ4v) is 2.07. The van der Waals surface area contributed by atoms with Crippen LogP contribution in [0.5, 0.6) is 0 Å². The Morgan fingerprint density at radius 3 is 1.90 bits per heavy atom. The van der Waals surface area contributed by atoms with E-state index in [0.717, 1.165) is 22.8 Å². The van der Waals surface area contributed by atoms with Crippen molar-refractivity contribution in [3.8, 4) is 0 Å². The first-order valence-electron chi connectivity index (χ1n) is 7.38. The SMILES string of the molecule is CC(C)(C)N=C1C=C(c2ccccc2)NC1=NC(C)(C)C. The number of benzene rings is 1. The molecule has 0 bridgehead atoms. The van der Waals surface area contributed by atoms with E-state index in [-0.39, 0.29) is 11.1 Å². The van der Waals surface area contributed by atoms with Gasteiger partial charge in [-0.1, -0.05) is 30.3 Å². The highest BCUT2D eigenvalue weighted by Gasteiger charge is 2.23. The van der Waals surface area contributed by atoms with E-state index in [2.05, 4.69) is 65.1 Å². The van der Waals surface area contributed by atoms with Crippen LogP contribution in [0.15, 0.2) is 46.4 Å². The molecule has 1 aliphatic rings. The van der Waals surface area contributed by atoms with Crippen LogP contribution < -0.4 is 5.32 Å². The van der Waals surface area contributed by atoms with Gasteiger partial charge in [-0.15, -0.1) is 0 Å². The Hall–Kier alpha value is -1.90. The van der Waals surface area contributed by atoms with Crippen molar-refractivity contribution in [2.75, 3.05) is 0 Å². The molecule has 112 valence electrons. The van der Waals surface area contributed by atoms with Crippen LogP contribution >= 0.6 is 0 Å². The lowest BCUT2D eigenvalue weighted by molar-refractivity contribution is 0.578. The van der Waals surface area contributed by atoms with E-state index in [1.807, 2.05) is 18.2 Å². The number of nitrogens with zero attached hydrogens (tertiary/aromatic N) is 2. The zero-order chi connectivity index (χ0) is 15.7. The summed E-state index contributed by atoms with van der Waals surface area (Å²) in [6, 6.07) is 10.3. The highest BCUT2D eigenvalue weighted by Crippen LogP contribution is 2.20. The lowest BCUT2D eigenvalue weighted by atomic mass is 10.1. The van der Waals surface area contributed by atoms with E-state index in [1.54, 1.807) is 0 Å². The van der Waals surface area contributed by atoms with Crippen molar-refractivity contribution >= 4 is 17.2 Å². The molecule has 0 saturated heterocycles. The number of hydrogen-bond acceptors (Lipinski definition) is 2. The summed E-state index contributed by atoms with van der Waals surface area (Å²) in [6.07, 6.45) is 2.09. The van der Waals surface area contributed by atoms with Gasteiger partial charge >= 0.3 is 0 Å². The van der Waals surface area contributed by atoms with Gasteiger partial charge in [0.1, 0.15) is 5.71 Å². The molecule has 0 aliphatic carbocycles. The smallest absolute Gasteiger partial charge is 0.151 e. The normalized spacial score (nSPS) is 19.8. The molecular formula is C18H25N3. The molecule has 0 spiro atoms. The number of rotatable bonds is 1. The Morgan fingerprint density at radius 2 is 1.38 bits per heavy atom. The summed E-state index contributed by atoms with van der Waals surface area (Å²) in [5.41, 5.74) is 2.87. The second-order valence-electron chi connectivity index (χ2n) is 7.35. The number of aliphatic imine (C=N–C) groups is 2. The van der Waals surface area contributed by atoms with Crippen molar-refractivity contribution < 1.29 is 0 Å². The first-order valence-corrected chi connectivity index (χ1v) is 7.38. The van der Waals surface area contributed by atoms with Gasteiger partial charge in [-0.05, 0) is 53.2 Å². The van der Waals surface area contributed by atoms with Crippen molar-refractivity contribution in [2.24, 2.45) is 9.98 Å². The lowest BCUT2D eigenvalue weighted by Crippen LogP contribution is -2.28. The minimum absolute atomic E-state index is 0.127. The number of amidine groups is 1. The maximum absolute atomic E-state index is 4.80. The summed E-state index contributed by atoms with van der Waals surface area (Å²) in [6.45, 7) is 12.6. The molecule has 0 fully saturated rings. The lowest BCUT2D eigenvalue weighted by Gasteiger charge is -2.17. The number of hydrogen-bond donors (Lipinski definition) is 1. The predicted octanol–water partition coefficient (Wildman–Crippen LogP) is 4.07. The van der Waals surface area contributed by atoms with Gasteiger partial charge in [-0.25, -0.2) is 0 Å². The van der Waals surface area contributed by atoms with Crippen LogP contribution in [-0.4, -0.2) is 22.6 Å². The van der Waals surface area contributed by atoms with Gasteiger partial charge in [0.05, 0.1) is 11.1 Å². The molecule has 0 radical (unpaired) electrons. The Kier molecular flexibility index (Phi) is 4.04. The van der Waals surface area contributed by atoms with E-state index in [1.165, 1.54) is 0 Å². The van der Waals surface area contributed by atoms with E-state index < -0.39 is 0 Å². The van der Waals surface area contributed by atoms with Gasteiger partial charge < -0.3 is 5.32 Å². The fourth-order valence-electron chi connectivity index (χ4n) is 2.07. The molecule has 0 aromatic heterocycles. The largest absolute Gasteiger partial charge is 0.338 e. The molecule has 1 aromatic carbocycles. The fraction of sp³-hybridized carbons (Fsp3) is 0.444. The topological polar surface area (TPSA) is 36.8 Å².